The highest BCUT2D eigenvalue weighted by atomic mass is 19.1. The third-order valence-electron chi connectivity index (χ3n) is 5.28. The quantitative estimate of drug-likeness (QED) is 0.866. The Kier molecular flexibility index (Phi) is 6.03. The number of alkyl halides is 1. The molecule has 0 aromatic carbocycles. The Labute approximate surface area is 132 Å². The van der Waals surface area contributed by atoms with E-state index in [-0.39, 0.29) is 11.6 Å². The third kappa shape index (κ3) is 4.32. The SMILES string of the molecule is CO[C@@]1(C)CCCN(C(=O)NCC2(CF)CCOCC2)CC1. The van der Waals surface area contributed by atoms with Gasteiger partial charge in [0.1, 0.15) is 0 Å². The number of nitrogens with one attached hydrogen (secondary N) is 1. The smallest absolute Gasteiger partial charge is 0.317 e. The fourth-order valence-electron chi connectivity index (χ4n) is 3.20. The van der Waals surface area contributed by atoms with Crippen LogP contribution in [0.4, 0.5) is 9.18 Å². The molecule has 2 heterocycles. The fourth-order valence-corrected chi connectivity index (χ4v) is 3.20. The summed E-state index contributed by atoms with van der Waals surface area (Å²) in [5.41, 5.74) is -0.587. The zero-order valence-electron chi connectivity index (χ0n) is 13.8. The molecular formula is C16H29FN2O3. The van der Waals surface area contributed by atoms with Crippen LogP contribution < -0.4 is 5.32 Å². The molecule has 0 aromatic heterocycles. The molecule has 0 bridgehead atoms. The number of ether oxygens (including phenoxy) is 2. The second-order valence-corrected chi connectivity index (χ2v) is 6.90. The first kappa shape index (κ1) is 17.5. The molecule has 2 rings (SSSR count). The molecular weight excluding hydrogens is 287 g/mol. The molecule has 0 saturated carbocycles. The summed E-state index contributed by atoms with van der Waals surface area (Å²) >= 11 is 0. The van der Waals surface area contributed by atoms with Gasteiger partial charge in [-0.25, -0.2) is 4.79 Å². The standard InChI is InChI=1S/C16H29FN2O3/c1-15(21-2)4-3-8-19(9-5-15)14(20)18-13-16(12-17)6-10-22-11-7-16/h3-13H2,1-2H3,(H,18,20)/t15-/m0/s1. The number of urea groups is 1. The lowest BCUT2D eigenvalue weighted by atomic mass is 9.81. The Hall–Kier alpha value is -0.880. The minimum absolute atomic E-state index is 0.0836. The first-order chi connectivity index (χ1) is 10.5. The van der Waals surface area contributed by atoms with Gasteiger partial charge in [-0.3, -0.25) is 4.39 Å². The molecule has 5 nitrogen and oxygen atoms in total. The van der Waals surface area contributed by atoms with Crippen molar-refractivity contribution >= 4 is 6.03 Å². The minimum atomic E-state index is -0.444. The van der Waals surface area contributed by atoms with Gasteiger partial charge in [0.15, 0.2) is 0 Å². The van der Waals surface area contributed by atoms with Crippen LogP contribution in [0.25, 0.3) is 0 Å². The number of rotatable bonds is 4. The summed E-state index contributed by atoms with van der Waals surface area (Å²) in [6.45, 7) is 4.65. The molecule has 2 fully saturated rings. The van der Waals surface area contributed by atoms with E-state index in [1.54, 1.807) is 7.11 Å². The number of amides is 2. The van der Waals surface area contributed by atoms with Gasteiger partial charge in [0, 0.05) is 45.4 Å². The summed E-state index contributed by atoms with van der Waals surface area (Å²) < 4.78 is 24.3. The van der Waals surface area contributed by atoms with Crippen molar-refractivity contribution in [2.45, 2.75) is 44.6 Å². The number of hydrogen-bond donors (Lipinski definition) is 1. The normalized spacial score (nSPS) is 29.0. The zero-order valence-corrected chi connectivity index (χ0v) is 13.8. The van der Waals surface area contributed by atoms with E-state index < -0.39 is 12.1 Å². The summed E-state index contributed by atoms with van der Waals surface area (Å²) in [5, 5.41) is 2.94. The Balaban J connectivity index is 1.84. The largest absolute Gasteiger partial charge is 0.381 e. The van der Waals surface area contributed by atoms with Crippen molar-refractivity contribution in [3.05, 3.63) is 0 Å². The van der Waals surface area contributed by atoms with Crippen molar-refractivity contribution in [2.24, 2.45) is 5.41 Å². The average molecular weight is 316 g/mol. The number of hydrogen-bond acceptors (Lipinski definition) is 3. The van der Waals surface area contributed by atoms with Gasteiger partial charge in [-0.1, -0.05) is 0 Å². The van der Waals surface area contributed by atoms with Crippen LogP contribution in [0.15, 0.2) is 0 Å². The summed E-state index contributed by atoms with van der Waals surface area (Å²) in [5.74, 6) is 0. The number of nitrogens with zero attached hydrogens (tertiary/aromatic N) is 1. The van der Waals surface area contributed by atoms with Crippen LogP contribution in [0.2, 0.25) is 0 Å². The van der Waals surface area contributed by atoms with Crippen LogP contribution in [0.1, 0.15) is 39.0 Å². The van der Waals surface area contributed by atoms with Gasteiger partial charge >= 0.3 is 6.03 Å². The van der Waals surface area contributed by atoms with Crippen LogP contribution in [0.3, 0.4) is 0 Å². The molecule has 0 aromatic rings. The summed E-state index contributed by atoms with van der Waals surface area (Å²) in [7, 11) is 1.73. The predicted molar refractivity (Wildman–Crippen MR) is 82.7 cm³/mol. The molecule has 6 heteroatoms. The van der Waals surface area contributed by atoms with Crippen LogP contribution in [0.5, 0.6) is 0 Å². The van der Waals surface area contributed by atoms with E-state index in [1.807, 2.05) is 4.90 Å². The van der Waals surface area contributed by atoms with Crippen LogP contribution in [0, 0.1) is 5.41 Å². The molecule has 2 saturated heterocycles. The lowest BCUT2D eigenvalue weighted by molar-refractivity contribution is -0.00534. The van der Waals surface area contributed by atoms with Crippen molar-refractivity contribution < 1.29 is 18.7 Å². The van der Waals surface area contributed by atoms with Gasteiger partial charge in [0.05, 0.1) is 12.3 Å². The molecule has 1 N–H and O–H groups in total. The zero-order chi connectivity index (χ0) is 16.1. The molecule has 0 spiro atoms. The van der Waals surface area contributed by atoms with Crippen molar-refractivity contribution in [1.82, 2.24) is 10.2 Å². The molecule has 2 amide bonds. The van der Waals surface area contributed by atoms with Crippen molar-refractivity contribution in [3.63, 3.8) is 0 Å². The van der Waals surface area contributed by atoms with Crippen molar-refractivity contribution in [1.29, 1.82) is 0 Å². The van der Waals surface area contributed by atoms with E-state index in [4.69, 9.17) is 9.47 Å². The van der Waals surface area contributed by atoms with Crippen LogP contribution >= 0.6 is 0 Å². The second kappa shape index (κ2) is 7.59. The Morgan fingerprint density at radius 2 is 2.00 bits per heavy atom. The molecule has 0 unspecified atom stereocenters. The number of methoxy groups -OCH3 is 1. The summed E-state index contributed by atoms with van der Waals surface area (Å²) in [6.07, 6.45) is 4.06. The summed E-state index contributed by atoms with van der Waals surface area (Å²) in [6, 6.07) is -0.0836. The number of carbonyl (C=O) groups is 1. The Bertz CT molecular complexity index is 374. The molecule has 0 aliphatic carbocycles. The minimum Gasteiger partial charge on any atom is -0.381 e. The Morgan fingerprint density at radius 3 is 2.64 bits per heavy atom. The highest BCUT2D eigenvalue weighted by Crippen LogP contribution is 2.30. The molecule has 0 radical (unpaired) electrons. The predicted octanol–water partition coefficient (Wildman–Crippen LogP) is 2.35. The maximum Gasteiger partial charge on any atom is 0.317 e. The molecule has 128 valence electrons. The van der Waals surface area contributed by atoms with Gasteiger partial charge in [0.25, 0.3) is 0 Å². The average Bonchev–Trinajstić information content (AvgIpc) is 2.76. The van der Waals surface area contributed by atoms with Crippen LogP contribution in [-0.2, 0) is 9.47 Å². The number of halogens is 1. The highest BCUT2D eigenvalue weighted by Gasteiger charge is 2.34. The second-order valence-electron chi connectivity index (χ2n) is 6.90. The highest BCUT2D eigenvalue weighted by molar-refractivity contribution is 5.74. The van der Waals surface area contributed by atoms with Crippen molar-refractivity contribution in [3.8, 4) is 0 Å². The first-order valence-corrected chi connectivity index (χ1v) is 8.24. The first-order valence-electron chi connectivity index (χ1n) is 8.24. The van der Waals surface area contributed by atoms with E-state index in [0.717, 1.165) is 25.8 Å². The maximum absolute atomic E-state index is 13.4. The van der Waals surface area contributed by atoms with Crippen molar-refractivity contribution in [2.75, 3.05) is 46.6 Å². The molecule has 2 aliphatic rings. The van der Waals surface area contributed by atoms with Gasteiger partial charge in [-0.2, -0.15) is 0 Å². The van der Waals surface area contributed by atoms with E-state index in [2.05, 4.69) is 12.2 Å². The van der Waals surface area contributed by atoms with Gasteiger partial charge < -0.3 is 19.7 Å². The topological polar surface area (TPSA) is 50.8 Å². The fraction of sp³-hybridized carbons (Fsp3) is 0.938. The van der Waals surface area contributed by atoms with E-state index in [0.29, 0.717) is 39.1 Å². The number of likely N-dealkylation sites (tertiary alicyclic amines) is 1. The van der Waals surface area contributed by atoms with Gasteiger partial charge in [-0.15, -0.1) is 0 Å². The molecule has 1 atom stereocenters. The third-order valence-corrected chi connectivity index (χ3v) is 5.28. The van der Waals surface area contributed by atoms with Crippen LogP contribution in [-0.4, -0.2) is 63.2 Å². The molecule has 22 heavy (non-hydrogen) atoms. The van der Waals surface area contributed by atoms with E-state index in [9.17, 15) is 9.18 Å². The molecule has 2 aliphatic heterocycles. The number of carbonyl (C=O) groups excluding carboxylic acids is 1. The van der Waals surface area contributed by atoms with Gasteiger partial charge in [0.2, 0.25) is 0 Å². The lowest BCUT2D eigenvalue weighted by Gasteiger charge is -2.35. The van der Waals surface area contributed by atoms with E-state index in [1.165, 1.54) is 0 Å². The maximum atomic E-state index is 13.4. The Morgan fingerprint density at radius 1 is 1.27 bits per heavy atom. The van der Waals surface area contributed by atoms with E-state index >= 15 is 0 Å². The van der Waals surface area contributed by atoms with Gasteiger partial charge in [-0.05, 0) is 39.0 Å². The summed E-state index contributed by atoms with van der Waals surface area (Å²) in [4.78, 5) is 14.2. The lowest BCUT2D eigenvalue weighted by Crippen LogP contribution is -2.48. The monoisotopic (exact) mass is 316 g/mol.